The Morgan fingerprint density at radius 2 is 1.69 bits per heavy atom. The van der Waals surface area contributed by atoms with Gasteiger partial charge in [0.05, 0.1) is 14.2 Å². The Morgan fingerprint density at radius 1 is 1.06 bits per heavy atom. The van der Waals surface area contributed by atoms with Crippen LogP contribution in [0.15, 0.2) is 23.3 Å². The predicted molar refractivity (Wildman–Crippen MR) is 115 cm³/mol. The molecule has 0 unspecified atom stereocenters. The lowest BCUT2D eigenvalue weighted by atomic mass is 9.56. The molecule has 4 atom stereocenters. The monoisotopic (exact) mass is 448 g/mol. The van der Waals surface area contributed by atoms with Gasteiger partial charge in [0.2, 0.25) is 0 Å². The fraction of sp³-hybridized carbons (Fsp3) is 0.583. The van der Waals surface area contributed by atoms with Gasteiger partial charge in [-0.25, -0.2) is 0 Å². The number of hydrogen-bond donors (Lipinski definition) is 2. The van der Waals surface area contributed by atoms with E-state index in [4.69, 9.17) is 18.9 Å². The lowest BCUT2D eigenvalue weighted by molar-refractivity contribution is -0.192. The molecule has 0 amide bonds. The first-order valence-corrected chi connectivity index (χ1v) is 10.6. The fourth-order valence-electron chi connectivity index (χ4n) is 5.30. The highest BCUT2D eigenvalue weighted by Gasteiger charge is 2.60. The van der Waals surface area contributed by atoms with Crippen molar-refractivity contribution in [1.29, 1.82) is 0 Å². The number of rotatable bonds is 4. The number of fused-ring (bicyclic) bond motifs is 3. The van der Waals surface area contributed by atoms with E-state index >= 15 is 0 Å². The van der Waals surface area contributed by atoms with Gasteiger partial charge >= 0.3 is 11.9 Å². The van der Waals surface area contributed by atoms with Crippen molar-refractivity contribution in [3.63, 3.8) is 0 Å². The highest BCUT2D eigenvalue weighted by molar-refractivity contribution is 5.68. The summed E-state index contributed by atoms with van der Waals surface area (Å²) in [6.07, 6.45) is -2.74. The molecule has 2 N–H and O–H groups in total. The van der Waals surface area contributed by atoms with E-state index < -0.39 is 41.3 Å². The average Bonchev–Trinajstić information content (AvgIpc) is 2.71. The van der Waals surface area contributed by atoms with Crippen molar-refractivity contribution in [3.8, 4) is 11.5 Å². The van der Waals surface area contributed by atoms with Crippen molar-refractivity contribution in [1.82, 2.24) is 0 Å². The first-order chi connectivity index (χ1) is 14.9. The number of esters is 2. The number of aliphatic hydroxyl groups excluding tert-OH is 1. The van der Waals surface area contributed by atoms with Crippen molar-refractivity contribution in [2.75, 3.05) is 14.2 Å². The highest BCUT2D eigenvalue weighted by Crippen LogP contribution is 2.59. The topological polar surface area (TPSA) is 112 Å². The molecule has 0 spiro atoms. The van der Waals surface area contributed by atoms with Crippen LogP contribution < -0.4 is 9.47 Å². The summed E-state index contributed by atoms with van der Waals surface area (Å²) >= 11 is 0. The molecule has 1 aromatic rings. The van der Waals surface area contributed by atoms with Crippen LogP contribution in [0.25, 0.3) is 0 Å². The molecule has 0 aromatic heterocycles. The maximum absolute atomic E-state index is 12.2. The van der Waals surface area contributed by atoms with Crippen LogP contribution in [0.5, 0.6) is 11.5 Å². The van der Waals surface area contributed by atoms with Crippen molar-refractivity contribution < 1.29 is 38.7 Å². The summed E-state index contributed by atoms with van der Waals surface area (Å²) in [5.41, 5.74) is -0.442. The molecule has 2 aliphatic carbocycles. The molecule has 1 aromatic carbocycles. The molecule has 8 heteroatoms. The largest absolute Gasteiger partial charge is 0.497 e. The molecule has 3 rings (SSSR count). The second kappa shape index (κ2) is 8.41. The number of carbonyl (C=O) groups excluding carboxylic acids is 2. The van der Waals surface area contributed by atoms with E-state index in [-0.39, 0.29) is 5.75 Å². The second-order valence-corrected chi connectivity index (χ2v) is 9.04. The summed E-state index contributed by atoms with van der Waals surface area (Å²) in [5.74, 6) is -0.491. The number of methoxy groups -OCH3 is 2. The Kier molecular flexibility index (Phi) is 6.32. The minimum atomic E-state index is -1.55. The van der Waals surface area contributed by atoms with E-state index in [9.17, 15) is 19.8 Å². The van der Waals surface area contributed by atoms with Crippen LogP contribution in [-0.4, -0.2) is 48.1 Å². The van der Waals surface area contributed by atoms with E-state index in [0.717, 1.165) is 5.57 Å². The number of aliphatic hydroxyl groups is 2. The number of carbonyl (C=O) groups is 2. The Balaban J connectivity index is 2.48. The zero-order chi connectivity index (χ0) is 24.0. The van der Waals surface area contributed by atoms with E-state index in [1.54, 1.807) is 26.0 Å². The van der Waals surface area contributed by atoms with Crippen LogP contribution in [0.4, 0.5) is 0 Å². The summed E-state index contributed by atoms with van der Waals surface area (Å²) in [4.78, 5) is 24.3. The minimum Gasteiger partial charge on any atom is -0.497 e. The molecule has 0 radical (unpaired) electrons. The van der Waals surface area contributed by atoms with Crippen LogP contribution in [0.2, 0.25) is 0 Å². The maximum Gasteiger partial charge on any atom is 0.303 e. The van der Waals surface area contributed by atoms with Crippen LogP contribution >= 0.6 is 0 Å². The van der Waals surface area contributed by atoms with Gasteiger partial charge in [0.1, 0.15) is 23.2 Å². The van der Waals surface area contributed by atoms with Crippen LogP contribution in [0.1, 0.15) is 70.8 Å². The van der Waals surface area contributed by atoms with Gasteiger partial charge in [-0.3, -0.25) is 9.59 Å². The van der Waals surface area contributed by atoms with Crippen molar-refractivity contribution in [3.05, 3.63) is 34.4 Å². The van der Waals surface area contributed by atoms with E-state index in [2.05, 4.69) is 0 Å². The average molecular weight is 449 g/mol. The zero-order valence-electron chi connectivity index (χ0n) is 19.6. The molecule has 176 valence electrons. The van der Waals surface area contributed by atoms with Gasteiger partial charge < -0.3 is 29.2 Å². The van der Waals surface area contributed by atoms with Gasteiger partial charge in [0.25, 0.3) is 0 Å². The number of ether oxygens (including phenoxy) is 4. The minimum absolute atomic E-state index is 0.279. The zero-order valence-corrected chi connectivity index (χ0v) is 19.6. The van der Waals surface area contributed by atoms with E-state index in [0.29, 0.717) is 35.3 Å². The quantitative estimate of drug-likeness (QED) is 0.534. The Hall–Kier alpha value is -2.58. The molecule has 32 heavy (non-hydrogen) atoms. The summed E-state index contributed by atoms with van der Waals surface area (Å²) in [6, 6.07) is 3.22. The van der Waals surface area contributed by atoms with Crippen LogP contribution in [0, 0.1) is 5.41 Å². The van der Waals surface area contributed by atoms with E-state index in [1.165, 1.54) is 28.1 Å². The van der Waals surface area contributed by atoms with Gasteiger partial charge in [0, 0.05) is 36.5 Å². The lowest BCUT2D eigenvalue weighted by Gasteiger charge is -2.54. The fourth-order valence-corrected chi connectivity index (χ4v) is 5.30. The first kappa shape index (κ1) is 24.1. The van der Waals surface area contributed by atoms with Crippen molar-refractivity contribution in [2.45, 2.75) is 71.4 Å². The third-order valence-corrected chi connectivity index (χ3v) is 6.86. The van der Waals surface area contributed by atoms with Gasteiger partial charge in [-0.1, -0.05) is 19.4 Å². The molecule has 0 heterocycles. The molecular weight excluding hydrogens is 416 g/mol. The Morgan fingerprint density at radius 3 is 2.22 bits per heavy atom. The van der Waals surface area contributed by atoms with Gasteiger partial charge in [-0.2, -0.15) is 0 Å². The third kappa shape index (κ3) is 3.65. The first-order valence-electron chi connectivity index (χ1n) is 10.6. The molecule has 0 saturated heterocycles. The number of hydrogen-bond acceptors (Lipinski definition) is 8. The molecular formula is C24H32O8. The van der Waals surface area contributed by atoms with Crippen LogP contribution in [0.3, 0.4) is 0 Å². The standard InChI is InChI=1S/C24H32O8/c1-12-8-9-24(28)22(32-14(3)26)16-10-15(29-6)11-17(30-7)18(16)21(31-13(2)25)20(27)19(12)23(24,4)5/h10-11,20-22,27-28H,8-9H2,1-7H3/t20-,21-,22+,24-/m1/s1. The number of allylic oxidation sites excluding steroid dienone is 1. The molecule has 0 fully saturated rings. The summed E-state index contributed by atoms with van der Waals surface area (Å²) in [7, 11) is 2.92. The van der Waals surface area contributed by atoms with Crippen molar-refractivity contribution in [2.24, 2.45) is 5.41 Å². The van der Waals surface area contributed by atoms with Gasteiger partial charge in [-0.15, -0.1) is 0 Å². The SMILES string of the molecule is COc1cc(OC)c2c(c1)[C@H](OC(C)=O)[C@]1(O)CCC(C)=C([C@@H](O)[C@@H]2OC(C)=O)C1(C)C. The van der Waals surface area contributed by atoms with Crippen molar-refractivity contribution >= 4 is 11.9 Å². The molecule has 0 saturated carbocycles. The smallest absolute Gasteiger partial charge is 0.303 e. The molecule has 0 aliphatic heterocycles. The summed E-state index contributed by atoms with van der Waals surface area (Å²) in [5, 5.41) is 23.7. The third-order valence-electron chi connectivity index (χ3n) is 6.86. The summed E-state index contributed by atoms with van der Waals surface area (Å²) in [6.45, 7) is 8.03. The maximum atomic E-state index is 12.2. The van der Waals surface area contributed by atoms with Gasteiger partial charge in [0.15, 0.2) is 12.2 Å². The molecule has 8 nitrogen and oxygen atoms in total. The highest BCUT2D eigenvalue weighted by atomic mass is 16.6. The van der Waals surface area contributed by atoms with Gasteiger partial charge in [-0.05, 0) is 31.4 Å². The van der Waals surface area contributed by atoms with E-state index in [1.807, 2.05) is 6.92 Å². The normalized spacial score (nSPS) is 28.7. The number of benzene rings is 1. The van der Waals surface area contributed by atoms with Crippen LogP contribution in [-0.2, 0) is 19.1 Å². The predicted octanol–water partition coefficient (Wildman–Crippen LogP) is 3.15. The molecule has 2 bridgehead atoms. The molecule has 2 aliphatic rings. The summed E-state index contributed by atoms with van der Waals surface area (Å²) < 4.78 is 22.4. The Labute approximate surface area is 188 Å². The Bertz CT molecular complexity index is 963. The second-order valence-electron chi connectivity index (χ2n) is 9.04. The lowest BCUT2D eigenvalue weighted by Crippen LogP contribution is -2.57.